The van der Waals surface area contributed by atoms with Gasteiger partial charge < -0.3 is 15.6 Å². The number of hydrogen-bond acceptors (Lipinski definition) is 4. The van der Waals surface area contributed by atoms with Crippen molar-refractivity contribution < 1.29 is 27.8 Å². The molecule has 3 N–H and O–H groups in total. The van der Waals surface area contributed by atoms with Crippen LogP contribution < -0.4 is 10.5 Å². The number of nitrogen functional groups attached to an aromatic ring is 1. The quantitative estimate of drug-likeness (QED) is 0.639. The van der Waals surface area contributed by atoms with Crippen LogP contribution in [0.2, 0.25) is 5.02 Å². The maximum absolute atomic E-state index is 12.6. The predicted molar refractivity (Wildman–Crippen MR) is 90.2 cm³/mol. The maximum atomic E-state index is 12.6. The Bertz CT molecular complexity index is 1020. The average Bonchev–Trinajstić information content (AvgIpc) is 2.56. The second-order valence-corrected chi connectivity index (χ2v) is 5.63. The third-order valence-electron chi connectivity index (χ3n) is 3.63. The van der Waals surface area contributed by atoms with Crippen molar-refractivity contribution in [3.05, 3.63) is 53.2 Å². The minimum atomic E-state index is -4.92. The third kappa shape index (κ3) is 3.23. The molecule has 0 atom stereocenters. The molecule has 1 heterocycles. The van der Waals surface area contributed by atoms with Crippen LogP contribution in [-0.4, -0.2) is 22.4 Å². The molecular weight excluding hydrogens is 373 g/mol. The number of nitrogens with zero attached hydrogens (tertiary/aromatic N) is 1. The first-order valence-electron chi connectivity index (χ1n) is 7.14. The Labute approximate surface area is 149 Å². The number of ether oxygens (including phenoxy) is 1. The maximum Gasteiger partial charge on any atom is 0.573 e. The number of rotatable bonds is 3. The Morgan fingerprint density at radius 3 is 2.58 bits per heavy atom. The Morgan fingerprint density at radius 1 is 1.19 bits per heavy atom. The number of carboxylic acid groups (broad SMARTS) is 1. The largest absolute Gasteiger partial charge is 0.573 e. The number of carboxylic acids is 1. The highest BCUT2D eigenvalue weighted by Gasteiger charge is 2.33. The summed E-state index contributed by atoms with van der Waals surface area (Å²) in [5.41, 5.74) is 6.58. The predicted octanol–water partition coefficient (Wildman–Crippen LogP) is 4.73. The third-order valence-corrected chi connectivity index (χ3v) is 4.01. The zero-order valence-electron chi connectivity index (χ0n) is 12.8. The summed E-state index contributed by atoms with van der Waals surface area (Å²) in [4.78, 5) is 15.4. The van der Waals surface area contributed by atoms with Gasteiger partial charge in [0.15, 0.2) is 0 Å². The van der Waals surface area contributed by atoms with Crippen LogP contribution in [0.3, 0.4) is 0 Å². The van der Waals surface area contributed by atoms with E-state index in [2.05, 4.69) is 9.72 Å². The van der Waals surface area contributed by atoms with E-state index in [9.17, 15) is 23.1 Å². The first-order chi connectivity index (χ1) is 12.2. The van der Waals surface area contributed by atoms with E-state index in [-0.39, 0.29) is 27.4 Å². The molecule has 0 amide bonds. The van der Waals surface area contributed by atoms with Gasteiger partial charge in [-0.05, 0) is 29.8 Å². The second-order valence-electron chi connectivity index (χ2n) is 5.26. The molecule has 0 fully saturated rings. The smallest absolute Gasteiger partial charge is 0.478 e. The number of anilines is 1. The highest BCUT2D eigenvalue weighted by Crippen LogP contribution is 2.43. The van der Waals surface area contributed by atoms with Crippen LogP contribution in [0, 0.1) is 0 Å². The molecule has 0 unspecified atom stereocenters. The molecule has 0 saturated heterocycles. The van der Waals surface area contributed by atoms with E-state index >= 15 is 0 Å². The summed E-state index contributed by atoms with van der Waals surface area (Å²) in [5, 5.41) is 9.33. The molecule has 0 saturated carbocycles. The number of nitrogens with two attached hydrogens (primary N) is 1. The van der Waals surface area contributed by atoms with Gasteiger partial charge in [0.25, 0.3) is 0 Å². The van der Waals surface area contributed by atoms with E-state index in [1.54, 1.807) is 12.1 Å². The lowest BCUT2D eigenvalue weighted by Gasteiger charge is -2.16. The molecule has 0 spiro atoms. The lowest BCUT2D eigenvalue weighted by Crippen LogP contribution is -2.17. The van der Waals surface area contributed by atoms with Gasteiger partial charge in [0, 0.05) is 22.8 Å². The highest BCUT2D eigenvalue weighted by atomic mass is 35.5. The topological polar surface area (TPSA) is 85.4 Å². The van der Waals surface area contributed by atoms with Gasteiger partial charge in [-0.1, -0.05) is 23.7 Å². The first kappa shape index (κ1) is 17.8. The van der Waals surface area contributed by atoms with Gasteiger partial charge >= 0.3 is 12.3 Å². The molecule has 1 aromatic heterocycles. The van der Waals surface area contributed by atoms with Crippen molar-refractivity contribution in [3.8, 4) is 16.9 Å². The molecular formula is C17H10ClF3N2O3. The van der Waals surface area contributed by atoms with Crippen molar-refractivity contribution in [1.29, 1.82) is 0 Å². The molecule has 9 heteroatoms. The van der Waals surface area contributed by atoms with Crippen LogP contribution >= 0.6 is 11.6 Å². The van der Waals surface area contributed by atoms with E-state index in [0.29, 0.717) is 10.9 Å². The number of pyridine rings is 1. The molecule has 3 rings (SSSR count). The second kappa shape index (κ2) is 6.38. The highest BCUT2D eigenvalue weighted by molar-refractivity contribution is 6.36. The van der Waals surface area contributed by atoms with Crippen molar-refractivity contribution in [3.63, 3.8) is 0 Å². The summed E-state index contributed by atoms with van der Waals surface area (Å²) < 4.78 is 41.6. The van der Waals surface area contributed by atoms with Crippen LogP contribution in [0.1, 0.15) is 10.4 Å². The monoisotopic (exact) mass is 382 g/mol. The van der Waals surface area contributed by atoms with Crippen LogP contribution in [0.25, 0.3) is 22.0 Å². The molecule has 26 heavy (non-hydrogen) atoms. The number of alkyl halides is 3. The van der Waals surface area contributed by atoms with Gasteiger partial charge in [-0.25, -0.2) is 4.79 Å². The van der Waals surface area contributed by atoms with Crippen molar-refractivity contribution >= 4 is 34.2 Å². The summed E-state index contributed by atoms with van der Waals surface area (Å²) in [5.74, 6) is -1.80. The van der Waals surface area contributed by atoms with Crippen LogP contribution in [0.5, 0.6) is 5.75 Å². The minimum absolute atomic E-state index is 0.0539. The fourth-order valence-corrected chi connectivity index (χ4v) is 2.92. The standard InChI is InChI=1S/C17H10ClF3N2O3/c18-14-12(26-17(19,20)21)6-5-11(22)13(14)8-3-4-10(16(24)25)15-9(8)2-1-7-23-15/h1-7H,22H2,(H,24,25). The molecule has 0 aliphatic heterocycles. The average molecular weight is 383 g/mol. The van der Waals surface area contributed by atoms with Crippen molar-refractivity contribution in [2.75, 3.05) is 5.73 Å². The molecule has 0 radical (unpaired) electrons. The van der Waals surface area contributed by atoms with Gasteiger partial charge in [-0.15, -0.1) is 13.2 Å². The summed E-state index contributed by atoms with van der Waals surface area (Å²) in [7, 11) is 0. The van der Waals surface area contributed by atoms with Crippen LogP contribution in [0.15, 0.2) is 42.6 Å². The summed E-state index contributed by atoms with van der Waals surface area (Å²) in [6.45, 7) is 0. The van der Waals surface area contributed by atoms with E-state index in [0.717, 1.165) is 6.07 Å². The number of benzene rings is 2. The number of hydrogen-bond donors (Lipinski definition) is 2. The molecule has 0 aliphatic rings. The molecule has 0 aliphatic carbocycles. The SMILES string of the molecule is Nc1ccc(OC(F)(F)F)c(Cl)c1-c1ccc(C(=O)O)c2ncccc12. The zero-order valence-corrected chi connectivity index (χ0v) is 13.6. The fourth-order valence-electron chi connectivity index (χ4n) is 2.61. The Balaban J connectivity index is 2.30. The van der Waals surface area contributed by atoms with Gasteiger partial charge in [0.05, 0.1) is 16.1 Å². The summed E-state index contributed by atoms with van der Waals surface area (Å²) in [6.07, 6.45) is -3.51. The van der Waals surface area contributed by atoms with Gasteiger partial charge in [-0.3, -0.25) is 4.98 Å². The molecule has 3 aromatic rings. The van der Waals surface area contributed by atoms with E-state index in [4.69, 9.17) is 17.3 Å². The normalized spacial score (nSPS) is 11.5. The Morgan fingerprint density at radius 2 is 1.92 bits per heavy atom. The van der Waals surface area contributed by atoms with Crippen LogP contribution in [-0.2, 0) is 0 Å². The summed E-state index contributed by atoms with van der Waals surface area (Å²) in [6, 6.07) is 8.10. The van der Waals surface area contributed by atoms with Gasteiger partial charge in [0.1, 0.15) is 5.75 Å². The van der Waals surface area contributed by atoms with Gasteiger partial charge in [0.2, 0.25) is 0 Å². The van der Waals surface area contributed by atoms with Crippen molar-refractivity contribution in [1.82, 2.24) is 4.98 Å². The summed E-state index contributed by atoms with van der Waals surface area (Å²) >= 11 is 6.12. The molecule has 0 bridgehead atoms. The van der Waals surface area contributed by atoms with Gasteiger partial charge in [-0.2, -0.15) is 0 Å². The lowest BCUT2D eigenvalue weighted by atomic mass is 9.96. The molecule has 134 valence electrons. The molecule has 5 nitrogen and oxygen atoms in total. The van der Waals surface area contributed by atoms with Crippen LogP contribution in [0.4, 0.5) is 18.9 Å². The van der Waals surface area contributed by atoms with E-state index in [1.807, 2.05) is 0 Å². The fraction of sp³-hybridized carbons (Fsp3) is 0.0588. The molecule has 2 aromatic carbocycles. The number of aromatic nitrogens is 1. The number of fused-ring (bicyclic) bond motifs is 1. The number of carbonyl (C=O) groups is 1. The van der Waals surface area contributed by atoms with E-state index in [1.165, 1.54) is 24.4 Å². The Hall–Kier alpha value is -3.00. The lowest BCUT2D eigenvalue weighted by molar-refractivity contribution is -0.274. The minimum Gasteiger partial charge on any atom is -0.478 e. The van der Waals surface area contributed by atoms with Crippen molar-refractivity contribution in [2.45, 2.75) is 6.36 Å². The number of aromatic carboxylic acids is 1. The van der Waals surface area contributed by atoms with Crippen molar-refractivity contribution in [2.24, 2.45) is 0 Å². The number of halogens is 4. The first-order valence-corrected chi connectivity index (χ1v) is 7.52. The zero-order chi connectivity index (χ0) is 19.1. The Kier molecular flexibility index (Phi) is 4.37. The van der Waals surface area contributed by atoms with E-state index < -0.39 is 18.1 Å².